The summed E-state index contributed by atoms with van der Waals surface area (Å²) >= 11 is 0. The topological polar surface area (TPSA) is 132 Å². The summed E-state index contributed by atoms with van der Waals surface area (Å²) in [6.07, 6.45) is 6.92. The standard InChI is InChI=1S/C25H30N4O6/c30-22(21(16-4-2-1-3-5-16)29-24(32)34-15-18-8-11-26-35-18)27-17-6-7-19-20(14-17)28-23(31)25(19)9-12-33-13-10-25/h6-8,11,14,16,21H,1-5,9-10,12-13,15H2,(H,27,30)(H,28,31)(H,29,32)/t21-/m0/s1. The second-order valence-corrected chi connectivity index (χ2v) is 9.47. The molecule has 10 heteroatoms. The van der Waals surface area contributed by atoms with E-state index in [0.29, 0.717) is 43.2 Å². The molecule has 10 nitrogen and oxygen atoms in total. The highest BCUT2D eigenvalue weighted by Crippen LogP contribution is 2.45. The number of rotatable bonds is 6. The number of anilines is 2. The van der Waals surface area contributed by atoms with Crippen molar-refractivity contribution in [2.45, 2.75) is 63.0 Å². The van der Waals surface area contributed by atoms with Crippen molar-refractivity contribution in [1.82, 2.24) is 10.5 Å². The SMILES string of the molecule is O=C(N[C@H](C(=O)Nc1ccc2c(c1)NC(=O)C21CCOCC1)C1CCCCC1)OCc1ccno1. The summed E-state index contributed by atoms with van der Waals surface area (Å²) in [6, 6.07) is 6.38. The summed E-state index contributed by atoms with van der Waals surface area (Å²) in [5.74, 6) is 0.108. The molecule has 1 saturated heterocycles. The number of ether oxygens (including phenoxy) is 2. The molecule has 1 aliphatic carbocycles. The fourth-order valence-electron chi connectivity index (χ4n) is 5.43. The number of hydrogen-bond donors (Lipinski definition) is 3. The van der Waals surface area contributed by atoms with Crippen molar-refractivity contribution < 1.29 is 28.4 Å². The Kier molecular flexibility index (Phi) is 6.72. The van der Waals surface area contributed by atoms with Gasteiger partial charge in [0, 0.05) is 30.7 Å². The molecule has 3 amide bonds. The smallest absolute Gasteiger partial charge is 0.408 e. The number of carbonyl (C=O) groups excluding carboxylic acids is 3. The second kappa shape index (κ2) is 10.1. The number of aromatic nitrogens is 1. The summed E-state index contributed by atoms with van der Waals surface area (Å²) in [7, 11) is 0. The van der Waals surface area contributed by atoms with Gasteiger partial charge in [-0.1, -0.05) is 30.5 Å². The molecule has 1 aromatic heterocycles. The van der Waals surface area contributed by atoms with Gasteiger partial charge in [0.15, 0.2) is 12.4 Å². The van der Waals surface area contributed by atoms with Crippen LogP contribution in [0.25, 0.3) is 0 Å². The molecular formula is C25H30N4O6. The minimum atomic E-state index is -0.734. The predicted molar refractivity (Wildman–Crippen MR) is 126 cm³/mol. The Morgan fingerprint density at radius 1 is 1.17 bits per heavy atom. The maximum absolute atomic E-state index is 13.3. The molecule has 2 aliphatic heterocycles. The fraction of sp³-hybridized carbons (Fsp3) is 0.520. The molecule has 2 aromatic rings. The van der Waals surface area contributed by atoms with E-state index in [2.05, 4.69) is 21.1 Å². The summed E-state index contributed by atoms with van der Waals surface area (Å²) in [4.78, 5) is 38.6. The molecule has 1 atom stereocenters. The van der Waals surface area contributed by atoms with Crippen LogP contribution in [0, 0.1) is 5.92 Å². The quantitative estimate of drug-likeness (QED) is 0.574. The first kappa shape index (κ1) is 23.3. The Morgan fingerprint density at radius 3 is 2.71 bits per heavy atom. The van der Waals surface area contributed by atoms with E-state index in [9.17, 15) is 14.4 Å². The Labute approximate surface area is 203 Å². The highest BCUT2D eigenvalue weighted by molar-refractivity contribution is 6.07. The number of nitrogens with one attached hydrogen (secondary N) is 3. The molecule has 0 unspecified atom stereocenters. The zero-order chi connectivity index (χ0) is 24.3. The van der Waals surface area contributed by atoms with Crippen LogP contribution in [0.3, 0.4) is 0 Å². The zero-order valence-electron chi connectivity index (χ0n) is 19.5. The van der Waals surface area contributed by atoms with E-state index in [1.165, 1.54) is 6.20 Å². The van der Waals surface area contributed by atoms with Gasteiger partial charge in [-0.3, -0.25) is 9.59 Å². The lowest BCUT2D eigenvalue weighted by atomic mass is 9.75. The van der Waals surface area contributed by atoms with Crippen molar-refractivity contribution in [3.8, 4) is 0 Å². The molecule has 2 fully saturated rings. The van der Waals surface area contributed by atoms with Gasteiger partial charge in [0.05, 0.1) is 11.6 Å². The van der Waals surface area contributed by atoms with Gasteiger partial charge < -0.3 is 29.9 Å². The third-order valence-corrected chi connectivity index (χ3v) is 7.35. The molecule has 35 heavy (non-hydrogen) atoms. The van der Waals surface area contributed by atoms with Crippen LogP contribution in [-0.4, -0.2) is 42.3 Å². The number of fused-ring (bicyclic) bond motifs is 2. The van der Waals surface area contributed by atoms with Gasteiger partial charge in [-0.25, -0.2) is 4.79 Å². The number of nitrogens with zero attached hydrogens (tertiary/aromatic N) is 1. The van der Waals surface area contributed by atoms with Gasteiger partial charge in [0.1, 0.15) is 6.04 Å². The number of carbonyl (C=O) groups is 3. The van der Waals surface area contributed by atoms with Crippen LogP contribution < -0.4 is 16.0 Å². The monoisotopic (exact) mass is 482 g/mol. The van der Waals surface area contributed by atoms with Crippen LogP contribution in [-0.2, 0) is 31.1 Å². The van der Waals surface area contributed by atoms with Gasteiger partial charge in [0.2, 0.25) is 11.8 Å². The van der Waals surface area contributed by atoms with Crippen molar-refractivity contribution in [3.63, 3.8) is 0 Å². The molecule has 0 bridgehead atoms. The molecule has 3 aliphatic rings. The Morgan fingerprint density at radius 2 is 1.97 bits per heavy atom. The van der Waals surface area contributed by atoms with Gasteiger partial charge in [-0.15, -0.1) is 0 Å². The van der Waals surface area contributed by atoms with E-state index in [1.807, 2.05) is 12.1 Å². The molecule has 3 N–H and O–H groups in total. The van der Waals surface area contributed by atoms with E-state index in [0.717, 1.165) is 37.7 Å². The van der Waals surface area contributed by atoms with Crippen LogP contribution in [0.15, 0.2) is 35.0 Å². The summed E-state index contributed by atoms with van der Waals surface area (Å²) in [5, 5.41) is 12.3. The lowest BCUT2D eigenvalue weighted by Crippen LogP contribution is -2.49. The molecule has 0 radical (unpaired) electrons. The summed E-state index contributed by atoms with van der Waals surface area (Å²) in [6.45, 7) is 1.03. The van der Waals surface area contributed by atoms with E-state index in [1.54, 1.807) is 12.1 Å². The largest absolute Gasteiger partial charge is 0.441 e. The maximum atomic E-state index is 13.3. The lowest BCUT2D eigenvalue weighted by Gasteiger charge is -2.31. The van der Waals surface area contributed by atoms with Crippen molar-refractivity contribution in [1.29, 1.82) is 0 Å². The van der Waals surface area contributed by atoms with E-state index in [-0.39, 0.29) is 24.3 Å². The van der Waals surface area contributed by atoms with Gasteiger partial charge in [0.25, 0.3) is 0 Å². The van der Waals surface area contributed by atoms with Crippen LogP contribution in [0.5, 0.6) is 0 Å². The molecule has 1 saturated carbocycles. The Hall–Kier alpha value is -3.40. The van der Waals surface area contributed by atoms with Crippen LogP contribution in [0.2, 0.25) is 0 Å². The number of hydrogen-bond acceptors (Lipinski definition) is 7. The van der Waals surface area contributed by atoms with Crippen LogP contribution >= 0.6 is 0 Å². The normalized spacial score (nSPS) is 20.1. The van der Waals surface area contributed by atoms with E-state index >= 15 is 0 Å². The first-order chi connectivity index (χ1) is 17.0. The highest BCUT2D eigenvalue weighted by atomic mass is 16.6. The van der Waals surface area contributed by atoms with E-state index in [4.69, 9.17) is 14.0 Å². The summed E-state index contributed by atoms with van der Waals surface area (Å²) in [5.41, 5.74) is 1.66. The van der Waals surface area contributed by atoms with Crippen molar-refractivity contribution in [2.75, 3.05) is 23.8 Å². The zero-order valence-corrected chi connectivity index (χ0v) is 19.5. The minimum Gasteiger partial charge on any atom is -0.441 e. The van der Waals surface area contributed by atoms with Crippen LogP contribution in [0.4, 0.5) is 16.2 Å². The first-order valence-corrected chi connectivity index (χ1v) is 12.2. The molecule has 3 heterocycles. The minimum absolute atomic E-state index is 0.0150. The lowest BCUT2D eigenvalue weighted by molar-refractivity contribution is -0.124. The predicted octanol–water partition coefficient (Wildman–Crippen LogP) is 3.49. The average Bonchev–Trinajstić information content (AvgIpc) is 3.49. The third-order valence-electron chi connectivity index (χ3n) is 7.35. The first-order valence-electron chi connectivity index (χ1n) is 12.2. The van der Waals surface area contributed by atoms with Crippen molar-refractivity contribution in [2.24, 2.45) is 5.92 Å². The van der Waals surface area contributed by atoms with Crippen molar-refractivity contribution in [3.05, 3.63) is 41.8 Å². The van der Waals surface area contributed by atoms with Gasteiger partial charge >= 0.3 is 6.09 Å². The van der Waals surface area contributed by atoms with Gasteiger partial charge in [-0.2, -0.15) is 0 Å². The summed E-state index contributed by atoms with van der Waals surface area (Å²) < 4.78 is 15.6. The molecule has 5 rings (SSSR count). The van der Waals surface area contributed by atoms with Gasteiger partial charge in [-0.05, 0) is 49.3 Å². The molecule has 1 aromatic carbocycles. The maximum Gasteiger partial charge on any atom is 0.408 e. The number of alkyl carbamates (subject to hydrolysis) is 1. The number of amides is 3. The van der Waals surface area contributed by atoms with E-state index < -0.39 is 17.6 Å². The highest BCUT2D eigenvalue weighted by Gasteiger charge is 2.47. The molecular weight excluding hydrogens is 452 g/mol. The molecule has 186 valence electrons. The fourth-order valence-corrected chi connectivity index (χ4v) is 5.43. The average molecular weight is 483 g/mol. The Balaban J connectivity index is 1.28. The second-order valence-electron chi connectivity index (χ2n) is 9.47. The van der Waals surface area contributed by atoms with Crippen LogP contribution in [0.1, 0.15) is 56.3 Å². The third kappa shape index (κ3) is 4.88. The molecule has 1 spiro atoms. The number of benzene rings is 1. The van der Waals surface area contributed by atoms with Crippen molar-refractivity contribution >= 4 is 29.3 Å². The Bertz CT molecular complexity index is 1070.